The summed E-state index contributed by atoms with van der Waals surface area (Å²) >= 11 is 0. The Kier molecular flexibility index (Phi) is 4.17. The third kappa shape index (κ3) is 2.43. The quantitative estimate of drug-likeness (QED) is 0.866. The molecule has 1 amide bonds. The van der Waals surface area contributed by atoms with Gasteiger partial charge in [-0.2, -0.15) is 0 Å². The Morgan fingerprint density at radius 2 is 1.75 bits per heavy atom. The van der Waals surface area contributed by atoms with Gasteiger partial charge in [-0.3, -0.25) is 4.79 Å². The summed E-state index contributed by atoms with van der Waals surface area (Å²) in [5, 5.41) is 10.9. The molecule has 3 N–H and O–H groups in total. The minimum absolute atomic E-state index is 0.290. The number of amides is 1. The maximum Gasteiger partial charge on any atom is 0.258 e. The summed E-state index contributed by atoms with van der Waals surface area (Å²) in [6.07, 6.45) is 0. The van der Waals surface area contributed by atoms with E-state index in [0.29, 0.717) is 17.7 Å². The summed E-state index contributed by atoms with van der Waals surface area (Å²) < 4.78 is 5.12. The Balaban J connectivity index is 2.63. The van der Waals surface area contributed by atoms with Crippen molar-refractivity contribution in [3.63, 3.8) is 0 Å². The van der Waals surface area contributed by atoms with Gasteiger partial charge in [-0.1, -0.05) is 54.6 Å². The van der Waals surface area contributed by atoms with E-state index in [0.717, 1.165) is 5.56 Å². The highest BCUT2D eigenvalue weighted by Crippen LogP contribution is 2.32. The van der Waals surface area contributed by atoms with Crippen LogP contribution in [-0.4, -0.2) is 18.1 Å². The molecule has 0 aliphatic heterocycles. The molecule has 0 aliphatic carbocycles. The van der Waals surface area contributed by atoms with Gasteiger partial charge in [-0.05, 0) is 11.1 Å². The lowest BCUT2D eigenvalue weighted by Gasteiger charge is -2.27. The van der Waals surface area contributed by atoms with Crippen molar-refractivity contribution in [1.82, 2.24) is 0 Å². The van der Waals surface area contributed by atoms with Crippen molar-refractivity contribution in [1.29, 1.82) is 0 Å². The Bertz CT molecular complexity index is 598. The third-order valence-electron chi connectivity index (χ3n) is 3.26. The van der Waals surface area contributed by atoms with Gasteiger partial charge < -0.3 is 15.6 Å². The number of hydrogen-bond donors (Lipinski definition) is 2. The average Bonchev–Trinajstić information content (AvgIpc) is 2.48. The van der Waals surface area contributed by atoms with Gasteiger partial charge in [0.05, 0.1) is 6.61 Å². The van der Waals surface area contributed by atoms with Crippen LogP contribution in [0.15, 0.2) is 54.6 Å². The molecule has 0 saturated heterocycles. The van der Waals surface area contributed by atoms with Gasteiger partial charge in [0.25, 0.3) is 5.91 Å². The molecule has 4 heteroatoms. The Morgan fingerprint density at radius 3 is 2.35 bits per heavy atom. The Hall–Kier alpha value is -2.17. The van der Waals surface area contributed by atoms with Gasteiger partial charge in [0.2, 0.25) is 0 Å². The molecule has 20 heavy (non-hydrogen) atoms. The van der Waals surface area contributed by atoms with E-state index < -0.39 is 11.5 Å². The fraction of sp³-hybridized carbons (Fsp3) is 0.188. The minimum atomic E-state index is -1.86. The lowest BCUT2D eigenvalue weighted by Crippen LogP contribution is -2.42. The maximum atomic E-state index is 11.9. The number of hydrogen-bond acceptors (Lipinski definition) is 3. The van der Waals surface area contributed by atoms with Crippen LogP contribution in [0.3, 0.4) is 0 Å². The number of carbonyl (C=O) groups excluding carboxylic acids is 1. The normalized spacial score (nSPS) is 13.7. The van der Waals surface area contributed by atoms with E-state index in [9.17, 15) is 9.90 Å². The van der Waals surface area contributed by atoms with E-state index in [-0.39, 0.29) is 0 Å². The van der Waals surface area contributed by atoms with Crippen molar-refractivity contribution < 1.29 is 14.6 Å². The standard InChI is InChI=1S/C16H17NO3/c1-20-11-12-7-5-6-10-14(12)16(19,15(17)18)13-8-3-2-4-9-13/h2-10,19H,11H2,1H3,(H2,17,18)/t16-/m1/s1. The molecule has 0 aliphatic rings. The fourth-order valence-electron chi connectivity index (χ4n) is 2.26. The zero-order chi connectivity index (χ0) is 14.6. The largest absolute Gasteiger partial charge is 0.380 e. The number of nitrogens with two attached hydrogens (primary N) is 1. The van der Waals surface area contributed by atoms with Crippen molar-refractivity contribution in [2.75, 3.05) is 7.11 Å². The molecular formula is C16H17NO3. The molecular weight excluding hydrogens is 254 g/mol. The molecule has 2 aromatic carbocycles. The van der Waals surface area contributed by atoms with Gasteiger partial charge in [0.15, 0.2) is 5.60 Å². The van der Waals surface area contributed by atoms with Gasteiger partial charge >= 0.3 is 0 Å². The third-order valence-corrected chi connectivity index (χ3v) is 3.26. The number of methoxy groups -OCH3 is 1. The molecule has 104 valence electrons. The van der Waals surface area contributed by atoms with Crippen LogP contribution in [0.2, 0.25) is 0 Å². The van der Waals surface area contributed by atoms with Crippen LogP contribution in [0, 0.1) is 0 Å². The van der Waals surface area contributed by atoms with Gasteiger partial charge in [-0.25, -0.2) is 0 Å². The first kappa shape index (κ1) is 14.2. The van der Waals surface area contributed by atoms with Crippen LogP contribution in [0.1, 0.15) is 16.7 Å². The molecule has 0 spiro atoms. The van der Waals surface area contributed by atoms with Crippen LogP contribution in [0.5, 0.6) is 0 Å². The maximum absolute atomic E-state index is 11.9. The lowest BCUT2D eigenvalue weighted by atomic mass is 9.83. The average molecular weight is 271 g/mol. The summed E-state index contributed by atoms with van der Waals surface area (Å²) in [6, 6.07) is 15.7. The highest BCUT2D eigenvalue weighted by Gasteiger charge is 2.39. The van der Waals surface area contributed by atoms with E-state index >= 15 is 0 Å². The van der Waals surface area contributed by atoms with Crippen LogP contribution in [0.4, 0.5) is 0 Å². The van der Waals surface area contributed by atoms with E-state index in [1.165, 1.54) is 0 Å². The lowest BCUT2D eigenvalue weighted by molar-refractivity contribution is -0.133. The molecule has 0 aromatic heterocycles. The summed E-state index contributed by atoms with van der Waals surface area (Å²) in [4.78, 5) is 11.9. The van der Waals surface area contributed by atoms with Crippen molar-refractivity contribution >= 4 is 5.91 Å². The number of ether oxygens (including phenoxy) is 1. The minimum Gasteiger partial charge on any atom is -0.380 e. The van der Waals surface area contributed by atoms with Gasteiger partial charge in [-0.15, -0.1) is 0 Å². The number of primary amides is 1. The second kappa shape index (κ2) is 5.86. The van der Waals surface area contributed by atoms with E-state index in [2.05, 4.69) is 0 Å². The highest BCUT2D eigenvalue weighted by molar-refractivity contribution is 5.89. The number of rotatable bonds is 5. The highest BCUT2D eigenvalue weighted by atomic mass is 16.5. The molecule has 0 saturated carbocycles. The van der Waals surface area contributed by atoms with E-state index in [1.807, 2.05) is 12.1 Å². The van der Waals surface area contributed by atoms with Crippen molar-refractivity contribution in [2.24, 2.45) is 5.73 Å². The molecule has 0 heterocycles. The summed E-state index contributed by atoms with van der Waals surface area (Å²) in [5.74, 6) is -0.813. The zero-order valence-corrected chi connectivity index (χ0v) is 11.2. The SMILES string of the molecule is COCc1ccccc1[C@@](O)(C(N)=O)c1ccccc1. The van der Waals surface area contributed by atoms with Crippen LogP contribution < -0.4 is 5.73 Å². The number of carbonyl (C=O) groups is 1. The van der Waals surface area contributed by atoms with Crippen LogP contribution in [-0.2, 0) is 21.7 Å². The zero-order valence-electron chi connectivity index (χ0n) is 11.2. The van der Waals surface area contributed by atoms with Gasteiger partial charge in [0.1, 0.15) is 0 Å². The monoisotopic (exact) mass is 271 g/mol. The van der Waals surface area contributed by atoms with Crippen LogP contribution >= 0.6 is 0 Å². The molecule has 0 radical (unpaired) electrons. The predicted molar refractivity (Wildman–Crippen MR) is 75.8 cm³/mol. The summed E-state index contributed by atoms with van der Waals surface area (Å²) in [6.45, 7) is 0.290. The van der Waals surface area contributed by atoms with Gasteiger partial charge in [0, 0.05) is 12.7 Å². The van der Waals surface area contributed by atoms with Crippen LogP contribution in [0.25, 0.3) is 0 Å². The van der Waals surface area contributed by atoms with Crippen molar-refractivity contribution in [2.45, 2.75) is 12.2 Å². The fourth-order valence-corrected chi connectivity index (χ4v) is 2.26. The summed E-state index contributed by atoms with van der Waals surface area (Å²) in [7, 11) is 1.56. The van der Waals surface area contributed by atoms with Crippen molar-refractivity contribution in [3.05, 3.63) is 71.3 Å². The number of benzene rings is 2. The molecule has 0 unspecified atom stereocenters. The topological polar surface area (TPSA) is 72.6 Å². The first-order chi connectivity index (χ1) is 9.60. The smallest absolute Gasteiger partial charge is 0.258 e. The van der Waals surface area contributed by atoms with E-state index in [1.54, 1.807) is 49.6 Å². The molecule has 4 nitrogen and oxygen atoms in total. The second-order valence-electron chi connectivity index (χ2n) is 4.53. The second-order valence-corrected chi connectivity index (χ2v) is 4.53. The number of aliphatic hydroxyl groups is 1. The molecule has 0 fully saturated rings. The molecule has 0 bridgehead atoms. The van der Waals surface area contributed by atoms with Crippen molar-refractivity contribution in [3.8, 4) is 0 Å². The molecule has 2 rings (SSSR count). The summed E-state index contributed by atoms with van der Waals surface area (Å²) in [5.41, 5.74) is 5.21. The first-order valence-electron chi connectivity index (χ1n) is 6.25. The molecule has 2 aromatic rings. The van der Waals surface area contributed by atoms with E-state index in [4.69, 9.17) is 10.5 Å². The predicted octanol–water partition coefficient (Wildman–Crippen LogP) is 1.55. The first-order valence-corrected chi connectivity index (χ1v) is 6.25. The Labute approximate surface area is 117 Å². The Morgan fingerprint density at radius 1 is 1.15 bits per heavy atom. The molecule has 1 atom stereocenters.